The Hall–Kier alpha value is -1.24. The van der Waals surface area contributed by atoms with Gasteiger partial charge in [0.25, 0.3) is 0 Å². The lowest BCUT2D eigenvalue weighted by Crippen LogP contribution is -2.41. The Morgan fingerprint density at radius 1 is 1.25 bits per heavy atom. The van der Waals surface area contributed by atoms with Gasteiger partial charge in [-0.2, -0.15) is 12.6 Å². The van der Waals surface area contributed by atoms with E-state index < -0.39 is 18.3 Å². The highest BCUT2D eigenvalue weighted by Crippen LogP contribution is 2.39. The molecule has 0 unspecified atom stereocenters. The van der Waals surface area contributed by atoms with Crippen LogP contribution in [0, 0.1) is 6.92 Å². The van der Waals surface area contributed by atoms with Crippen molar-refractivity contribution in [2.45, 2.75) is 52.7 Å². The van der Waals surface area contributed by atoms with Gasteiger partial charge in [0, 0.05) is 5.75 Å². The number of hydrogen-bond donors (Lipinski definition) is 2. The molecule has 0 bridgehead atoms. The molecule has 4 nitrogen and oxygen atoms in total. The summed E-state index contributed by atoms with van der Waals surface area (Å²) >= 11 is 4.40. The molecule has 0 spiro atoms. The number of carbonyl (C=O) groups excluding carboxylic acids is 1. The van der Waals surface area contributed by atoms with E-state index in [4.69, 9.17) is 9.31 Å². The van der Waals surface area contributed by atoms with E-state index in [2.05, 4.69) is 12.6 Å². The average Bonchev–Trinajstić information content (AvgIpc) is 2.67. The molecule has 1 saturated heterocycles. The third-order valence-electron chi connectivity index (χ3n) is 4.84. The molecule has 0 saturated carbocycles. The summed E-state index contributed by atoms with van der Waals surface area (Å²) in [6.45, 7) is 11.3. The zero-order valence-electron chi connectivity index (χ0n) is 15.1. The van der Waals surface area contributed by atoms with Crippen LogP contribution in [0.25, 0.3) is 6.08 Å². The highest BCUT2D eigenvalue weighted by atomic mass is 32.1. The van der Waals surface area contributed by atoms with Crippen LogP contribution in [0.1, 0.15) is 56.1 Å². The van der Waals surface area contributed by atoms with Crippen LogP contribution in [0.3, 0.4) is 0 Å². The smallest absolute Gasteiger partial charge is 0.491 e. The van der Waals surface area contributed by atoms with Crippen molar-refractivity contribution in [3.63, 3.8) is 0 Å². The van der Waals surface area contributed by atoms with E-state index in [1.807, 2.05) is 40.7 Å². The molecule has 0 amide bonds. The van der Waals surface area contributed by atoms with Crippen molar-refractivity contribution in [2.24, 2.45) is 0 Å². The molecule has 0 atom stereocenters. The van der Waals surface area contributed by atoms with Gasteiger partial charge >= 0.3 is 7.12 Å². The highest BCUT2D eigenvalue weighted by Gasteiger charge is 2.52. The summed E-state index contributed by atoms with van der Waals surface area (Å²) in [7, 11) is -0.485. The Bertz CT molecular complexity index is 679. The number of ketones is 1. The van der Waals surface area contributed by atoms with Gasteiger partial charge in [0.15, 0.2) is 5.78 Å². The van der Waals surface area contributed by atoms with E-state index in [-0.39, 0.29) is 11.5 Å². The first-order valence-corrected chi connectivity index (χ1v) is 8.63. The van der Waals surface area contributed by atoms with E-state index in [9.17, 15) is 9.90 Å². The fourth-order valence-electron chi connectivity index (χ4n) is 2.53. The van der Waals surface area contributed by atoms with Gasteiger partial charge in [0.1, 0.15) is 5.75 Å². The van der Waals surface area contributed by atoms with E-state index in [0.717, 1.165) is 16.6 Å². The quantitative estimate of drug-likeness (QED) is 0.493. The maximum Gasteiger partial charge on any atom is 0.491 e. The van der Waals surface area contributed by atoms with Crippen LogP contribution in [0.15, 0.2) is 17.6 Å². The second-order valence-electron chi connectivity index (χ2n) is 7.25. The van der Waals surface area contributed by atoms with Crippen molar-refractivity contribution in [2.75, 3.05) is 5.75 Å². The molecule has 0 aliphatic carbocycles. The van der Waals surface area contributed by atoms with Crippen LogP contribution in [0.2, 0.25) is 0 Å². The third kappa shape index (κ3) is 3.56. The van der Waals surface area contributed by atoms with E-state index >= 15 is 0 Å². The number of carbonyl (C=O) groups is 1. The predicted molar refractivity (Wildman–Crippen MR) is 101 cm³/mol. The van der Waals surface area contributed by atoms with Crippen molar-refractivity contribution < 1.29 is 19.2 Å². The lowest BCUT2D eigenvalue weighted by atomic mass is 9.78. The minimum Gasteiger partial charge on any atom is -0.507 e. The van der Waals surface area contributed by atoms with Gasteiger partial charge in [0.2, 0.25) is 0 Å². The second kappa shape index (κ2) is 6.58. The number of aryl methyl sites for hydroxylation is 1. The molecule has 6 heteroatoms. The summed E-state index contributed by atoms with van der Waals surface area (Å²) in [6.07, 6.45) is 1.91. The molecule has 1 aliphatic rings. The Morgan fingerprint density at radius 3 is 2.25 bits per heavy atom. The SMILES string of the molecule is CC(=O)c1cc(C)c(C=C(CS)B2OC(C)(C)C(C)(C)O2)cc1O. The summed E-state index contributed by atoms with van der Waals surface area (Å²) in [5.74, 6) is 0.282. The Balaban J connectivity index is 2.39. The van der Waals surface area contributed by atoms with Gasteiger partial charge in [0.05, 0.1) is 16.8 Å². The first kappa shape index (κ1) is 19.1. The molecule has 1 N–H and O–H groups in total. The zero-order chi connectivity index (χ0) is 18.3. The maximum atomic E-state index is 11.5. The molecular weight excluding hydrogens is 323 g/mol. The molecule has 1 heterocycles. The van der Waals surface area contributed by atoms with Crippen LogP contribution in [0.4, 0.5) is 0 Å². The number of Topliss-reactive ketones (excluding diaryl/α,β-unsaturated/α-hetero) is 1. The maximum absolute atomic E-state index is 11.5. The molecule has 1 aliphatic heterocycles. The van der Waals surface area contributed by atoms with Crippen LogP contribution < -0.4 is 0 Å². The number of benzene rings is 1. The average molecular weight is 348 g/mol. The van der Waals surface area contributed by atoms with E-state index in [0.29, 0.717) is 11.3 Å². The summed E-state index contributed by atoms with van der Waals surface area (Å²) in [5.41, 5.74) is 2.07. The van der Waals surface area contributed by atoms with Crippen LogP contribution in [0.5, 0.6) is 5.75 Å². The van der Waals surface area contributed by atoms with Gasteiger partial charge in [-0.15, -0.1) is 0 Å². The molecule has 0 radical (unpaired) electrons. The normalized spacial score (nSPS) is 19.6. The Kier molecular flexibility index (Phi) is 5.24. The van der Waals surface area contributed by atoms with E-state index in [1.165, 1.54) is 6.92 Å². The molecular formula is C18H25BO4S. The molecule has 2 rings (SSSR count). The minimum absolute atomic E-state index is 0.0215. The Morgan fingerprint density at radius 2 is 1.79 bits per heavy atom. The molecule has 1 aromatic rings. The number of aromatic hydroxyl groups is 1. The number of phenolic OH excluding ortho intramolecular Hbond substituents is 1. The monoisotopic (exact) mass is 348 g/mol. The fraction of sp³-hybridized carbons (Fsp3) is 0.500. The molecule has 130 valence electrons. The van der Waals surface area contributed by atoms with Gasteiger partial charge in [-0.1, -0.05) is 6.08 Å². The molecule has 24 heavy (non-hydrogen) atoms. The van der Waals surface area contributed by atoms with Crippen LogP contribution in [-0.4, -0.2) is 35.0 Å². The molecule has 0 aromatic heterocycles. The first-order chi connectivity index (χ1) is 11.0. The van der Waals surface area contributed by atoms with Crippen molar-refractivity contribution in [1.82, 2.24) is 0 Å². The lowest BCUT2D eigenvalue weighted by molar-refractivity contribution is 0.00578. The largest absolute Gasteiger partial charge is 0.507 e. The summed E-state index contributed by atoms with van der Waals surface area (Å²) in [4.78, 5) is 11.5. The summed E-state index contributed by atoms with van der Waals surface area (Å²) in [6, 6.07) is 3.30. The third-order valence-corrected chi connectivity index (χ3v) is 5.21. The summed E-state index contributed by atoms with van der Waals surface area (Å²) < 4.78 is 12.1. The number of phenols is 1. The number of hydrogen-bond acceptors (Lipinski definition) is 5. The second-order valence-corrected chi connectivity index (χ2v) is 7.56. The highest BCUT2D eigenvalue weighted by molar-refractivity contribution is 7.80. The Labute approximate surface area is 149 Å². The number of rotatable bonds is 4. The zero-order valence-corrected chi connectivity index (χ0v) is 16.0. The van der Waals surface area contributed by atoms with Crippen LogP contribution >= 0.6 is 12.6 Å². The first-order valence-electron chi connectivity index (χ1n) is 8.00. The van der Waals surface area contributed by atoms with Crippen molar-refractivity contribution in [1.29, 1.82) is 0 Å². The fourth-order valence-corrected chi connectivity index (χ4v) is 2.77. The topological polar surface area (TPSA) is 55.8 Å². The van der Waals surface area contributed by atoms with Crippen molar-refractivity contribution in [3.05, 3.63) is 34.3 Å². The van der Waals surface area contributed by atoms with Gasteiger partial charge in [-0.3, -0.25) is 4.79 Å². The minimum atomic E-state index is -0.485. The number of thiol groups is 1. The van der Waals surface area contributed by atoms with Crippen molar-refractivity contribution in [3.8, 4) is 5.75 Å². The van der Waals surface area contributed by atoms with Gasteiger partial charge in [-0.05, 0) is 70.3 Å². The van der Waals surface area contributed by atoms with Gasteiger partial charge in [-0.25, -0.2) is 0 Å². The standard InChI is InChI=1S/C18H25BO4S/c1-11-7-15(12(2)20)16(21)9-13(11)8-14(10-24)19-22-17(3,4)18(5,6)23-19/h7-9,21,24H,10H2,1-6H3. The molecule has 1 aromatic carbocycles. The van der Waals surface area contributed by atoms with Crippen LogP contribution in [-0.2, 0) is 9.31 Å². The molecule has 1 fully saturated rings. The van der Waals surface area contributed by atoms with Gasteiger partial charge < -0.3 is 14.4 Å². The van der Waals surface area contributed by atoms with E-state index in [1.54, 1.807) is 12.1 Å². The summed E-state index contributed by atoms with van der Waals surface area (Å²) in [5, 5.41) is 10.1. The van der Waals surface area contributed by atoms with Crippen molar-refractivity contribution >= 4 is 31.6 Å². The predicted octanol–water partition coefficient (Wildman–Crippen LogP) is 3.85. The lowest BCUT2D eigenvalue weighted by Gasteiger charge is -2.32.